The van der Waals surface area contributed by atoms with Crippen LogP contribution in [0.15, 0.2) is 59.8 Å². The third-order valence-corrected chi connectivity index (χ3v) is 7.09. The molecule has 1 fully saturated rings. The maximum absolute atomic E-state index is 14.1. The quantitative estimate of drug-likeness (QED) is 0.517. The normalized spacial score (nSPS) is 20.1. The van der Waals surface area contributed by atoms with E-state index >= 15 is 0 Å². The van der Waals surface area contributed by atoms with Gasteiger partial charge in [-0.1, -0.05) is 18.2 Å². The van der Waals surface area contributed by atoms with Crippen LogP contribution in [0.3, 0.4) is 0 Å². The van der Waals surface area contributed by atoms with E-state index in [0.717, 1.165) is 0 Å². The van der Waals surface area contributed by atoms with Crippen molar-refractivity contribution in [2.45, 2.75) is 32.9 Å². The highest BCUT2D eigenvalue weighted by molar-refractivity contribution is 5.96. The minimum Gasteiger partial charge on any atom is -0.497 e. The van der Waals surface area contributed by atoms with Gasteiger partial charge in [0.05, 0.1) is 25.3 Å². The summed E-state index contributed by atoms with van der Waals surface area (Å²) in [6, 6.07) is 11.6. The first kappa shape index (κ1) is 28.1. The highest BCUT2D eigenvalue weighted by atomic mass is 19.1. The molecule has 0 spiro atoms. The monoisotopic (exact) mass is 538 g/mol. The molecular formula is C29H35FN4O5. The van der Waals surface area contributed by atoms with Crippen LogP contribution in [0.2, 0.25) is 0 Å². The molecule has 1 N–H and O–H groups in total. The molecule has 3 amide bonds. The summed E-state index contributed by atoms with van der Waals surface area (Å²) in [5.41, 5.74) is 1.82. The molecule has 0 radical (unpaired) electrons. The average molecular weight is 539 g/mol. The molecule has 2 atom stereocenters. The summed E-state index contributed by atoms with van der Waals surface area (Å²) in [6.07, 6.45) is 0. The average Bonchev–Trinajstić information content (AvgIpc) is 2.92. The van der Waals surface area contributed by atoms with E-state index in [1.165, 1.54) is 17.0 Å². The number of rotatable bonds is 8. The second-order valence-electron chi connectivity index (χ2n) is 9.58. The molecule has 2 heterocycles. The zero-order valence-electron chi connectivity index (χ0n) is 22.8. The molecule has 0 bridgehead atoms. The van der Waals surface area contributed by atoms with Gasteiger partial charge in [-0.25, -0.2) is 14.0 Å². The molecule has 39 heavy (non-hydrogen) atoms. The molecular weight excluding hydrogens is 503 g/mol. The summed E-state index contributed by atoms with van der Waals surface area (Å²) in [5, 5.41) is 2.86. The lowest BCUT2D eigenvalue weighted by Gasteiger charge is -2.43. The summed E-state index contributed by atoms with van der Waals surface area (Å²) in [6.45, 7) is 7.88. The number of hydrogen-bond acceptors (Lipinski definition) is 6. The van der Waals surface area contributed by atoms with Crippen molar-refractivity contribution in [1.82, 2.24) is 20.0 Å². The summed E-state index contributed by atoms with van der Waals surface area (Å²) in [4.78, 5) is 45.1. The smallest absolute Gasteiger partial charge is 0.338 e. The van der Waals surface area contributed by atoms with E-state index in [9.17, 15) is 18.8 Å². The van der Waals surface area contributed by atoms with E-state index < -0.39 is 17.8 Å². The van der Waals surface area contributed by atoms with Gasteiger partial charge in [0, 0.05) is 50.0 Å². The Hall–Kier alpha value is -3.92. The van der Waals surface area contributed by atoms with Crippen LogP contribution in [0.1, 0.15) is 42.7 Å². The van der Waals surface area contributed by atoms with Crippen LogP contribution >= 0.6 is 0 Å². The van der Waals surface area contributed by atoms with Crippen LogP contribution in [-0.4, -0.2) is 85.1 Å². The lowest BCUT2D eigenvalue weighted by molar-refractivity contribution is -0.139. The SMILES string of the molecule is CCOC(=O)C1=C(CN2CCN(C(=O)c3cccc(OC)c3)C(C)C2)N(CC)C(=O)NC1c1cccc(F)c1. The van der Waals surface area contributed by atoms with Gasteiger partial charge in [0.25, 0.3) is 5.91 Å². The molecule has 4 rings (SSSR count). The largest absolute Gasteiger partial charge is 0.497 e. The molecule has 0 aliphatic carbocycles. The van der Waals surface area contributed by atoms with E-state index in [1.54, 1.807) is 50.4 Å². The van der Waals surface area contributed by atoms with Crippen molar-refractivity contribution in [1.29, 1.82) is 0 Å². The first-order valence-electron chi connectivity index (χ1n) is 13.2. The number of urea groups is 1. The predicted octanol–water partition coefficient (Wildman–Crippen LogP) is 3.58. The second-order valence-corrected chi connectivity index (χ2v) is 9.58. The van der Waals surface area contributed by atoms with Crippen molar-refractivity contribution in [3.8, 4) is 5.75 Å². The Balaban J connectivity index is 1.62. The maximum Gasteiger partial charge on any atom is 0.338 e. The molecule has 2 unspecified atom stereocenters. The van der Waals surface area contributed by atoms with Crippen molar-refractivity contribution < 1.29 is 28.2 Å². The van der Waals surface area contributed by atoms with E-state index in [-0.39, 0.29) is 30.2 Å². The zero-order valence-corrected chi connectivity index (χ0v) is 22.8. The lowest BCUT2D eigenvalue weighted by Crippen LogP contribution is -2.56. The second kappa shape index (κ2) is 12.3. The Labute approximate surface area is 228 Å². The molecule has 0 aromatic heterocycles. The highest BCUT2D eigenvalue weighted by Gasteiger charge is 2.39. The predicted molar refractivity (Wildman–Crippen MR) is 144 cm³/mol. The van der Waals surface area contributed by atoms with Crippen LogP contribution in [-0.2, 0) is 9.53 Å². The topological polar surface area (TPSA) is 91.4 Å². The van der Waals surface area contributed by atoms with Gasteiger partial charge in [-0.3, -0.25) is 14.6 Å². The van der Waals surface area contributed by atoms with E-state index in [1.807, 2.05) is 18.7 Å². The van der Waals surface area contributed by atoms with Gasteiger partial charge in [-0.05, 0) is 56.7 Å². The minimum absolute atomic E-state index is 0.0779. The highest BCUT2D eigenvalue weighted by Crippen LogP contribution is 2.33. The first-order chi connectivity index (χ1) is 18.8. The van der Waals surface area contributed by atoms with Crippen LogP contribution in [0.5, 0.6) is 5.75 Å². The number of likely N-dealkylation sites (N-methyl/N-ethyl adjacent to an activating group) is 1. The molecule has 1 saturated heterocycles. The Kier molecular flexibility index (Phi) is 8.86. The van der Waals surface area contributed by atoms with E-state index in [2.05, 4.69) is 10.2 Å². The van der Waals surface area contributed by atoms with Gasteiger partial charge in [-0.2, -0.15) is 0 Å². The molecule has 208 valence electrons. The molecule has 2 aliphatic rings. The molecule has 9 nitrogen and oxygen atoms in total. The Morgan fingerprint density at radius 1 is 1.10 bits per heavy atom. The van der Waals surface area contributed by atoms with Crippen molar-refractivity contribution >= 4 is 17.9 Å². The zero-order chi connectivity index (χ0) is 28.1. The van der Waals surface area contributed by atoms with Crippen molar-refractivity contribution in [3.63, 3.8) is 0 Å². The fourth-order valence-electron chi connectivity index (χ4n) is 5.21. The van der Waals surface area contributed by atoms with Gasteiger partial charge in [-0.15, -0.1) is 0 Å². The van der Waals surface area contributed by atoms with Gasteiger partial charge >= 0.3 is 12.0 Å². The summed E-state index contributed by atoms with van der Waals surface area (Å²) in [7, 11) is 1.56. The number of halogens is 1. The van der Waals surface area contributed by atoms with E-state index in [0.29, 0.717) is 55.3 Å². The van der Waals surface area contributed by atoms with E-state index in [4.69, 9.17) is 9.47 Å². The molecule has 10 heteroatoms. The number of nitrogens with zero attached hydrogens (tertiary/aromatic N) is 3. The number of carbonyl (C=O) groups is 3. The fourth-order valence-corrected chi connectivity index (χ4v) is 5.21. The molecule has 2 aromatic carbocycles. The standard InChI is InChI=1S/C29H35FN4O5/c1-5-33-24(25(28(36)39-6-2)26(31-29(33)37)20-9-7-11-22(30)15-20)18-32-13-14-34(19(3)17-32)27(35)21-10-8-12-23(16-21)38-4/h7-12,15-16,19,26H,5-6,13-14,17-18H2,1-4H3,(H,31,37). The lowest BCUT2D eigenvalue weighted by atomic mass is 9.94. The number of esters is 1. The Morgan fingerprint density at radius 3 is 2.54 bits per heavy atom. The number of carbonyl (C=O) groups excluding carboxylic acids is 3. The van der Waals surface area contributed by atoms with Gasteiger partial charge < -0.3 is 19.7 Å². The fraction of sp³-hybridized carbons (Fsp3) is 0.414. The van der Waals surface area contributed by atoms with Crippen LogP contribution in [0.25, 0.3) is 0 Å². The summed E-state index contributed by atoms with van der Waals surface area (Å²) in [5.74, 6) is -0.477. The van der Waals surface area contributed by atoms with Crippen molar-refractivity contribution in [2.75, 3.05) is 46.4 Å². The van der Waals surface area contributed by atoms with Crippen LogP contribution < -0.4 is 10.1 Å². The minimum atomic E-state index is -0.849. The van der Waals surface area contributed by atoms with Crippen molar-refractivity contribution in [2.24, 2.45) is 0 Å². The van der Waals surface area contributed by atoms with Crippen LogP contribution in [0.4, 0.5) is 9.18 Å². The Bertz CT molecular complexity index is 1270. The van der Waals surface area contributed by atoms with Gasteiger partial charge in [0.2, 0.25) is 0 Å². The Morgan fingerprint density at radius 2 is 1.87 bits per heavy atom. The molecule has 2 aliphatic heterocycles. The first-order valence-corrected chi connectivity index (χ1v) is 13.2. The van der Waals surface area contributed by atoms with Gasteiger partial charge in [0.15, 0.2) is 0 Å². The number of piperazine rings is 1. The summed E-state index contributed by atoms with van der Waals surface area (Å²) < 4.78 is 24.8. The third kappa shape index (κ3) is 6.06. The summed E-state index contributed by atoms with van der Waals surface area (Å²) >= 11 is 0. The number of nitrogens with one attached hydrogen (secondary N) is 1. The van der Waals surface area contributed by atoms with Crippen LogP contribution in [0, 0.1) is 5.82 Å². The number of amides is 3. The number of methoxy groups -OCH3 is 1. The number of ether oxygens (including phenoxy) is 2. The molecule has 2 aromatic rings. The molecule has 0 saturated carbocycles. The number of benzene rings is 2. The maximum atomic E-state index is 14.1. The van der Waals surface area contributed by atoms with Gasteiger partial charge in [0.1, 0.15) is 11.6 Å². The number of hydrogen-bond donors (Lipinski definition) is 1. The third-order valence-electron chi connectivity index (χ3n) is 7.09. The van der Waals surface area contributed by atoms with Crippen molar-refractivity contribution in [3.05, 3.63) is 76.7 Å².